The van der Waals surface area contributed by atoms with Crippen LogP contribution < -0.4 is 5.32 Å². The lowest BCUT2D eigenvalue weighted by Gasteiger charge is -1.93. The van der Waals surface area contributed by atoms with E-state index in [0.29, 0.717) is 0 Å². The first-order valence-corrected chi connectivity index (χ1v) is 4.32. The Balaban J connectivity index is 2.32. The second-order valence-electron chi connectivity index (χ2n) is 2.84. The Bertz CT molecular complexity index is 558. The molecule has 0 atom stereocenters. The molecule has 0 aliphatic heterocycles. The lowest BCUT2D eigenvalue weighted by Crippen LogP contribution is -2.07. The quantitative estimate of drug-likeness (QED) is 0.428. The first kappa shape index (κ1) is 10.7. The van der Waals surface area contributed by atoms with Gasteiger partial charge in [0.05, 0.1) is 0 Å². The minimum atomic E-state index is -0.345. The summed E-state index contributed by atoms with van der Waals surface area (Å²) < 4.78 is 9.15. The SMILES string of the molecule is CC(=O)Nc1nonc1-c1noc(C=NO)n1. The standard InChI is InChI=1S/C7H6N6O4/c1-3(14)9-6-5(11-17-13-6)7-10-4(2-8-15)16-12-7/h2,15H,1H3,(H,9,13,14). The van der Waals surface area contributed by atoms with Gasteiger partial charge >= 0.3 is 0 Å². The van der Waals surface area contributed by atoms with Gasteiger partial charge in [0.1, 0.15) is 6.21 Å². The van der Waals surface area contributed by atoms with Crippen LogP contribution in [0.15, 0.2) is 14.3 Å². The third-order valence-corrected chi connectivity index (χ3v) is 1.60. The largest absolute Gasteiger partial charge is 0.411 e. The van der Waals surface area contributed by atoms with Crippen LogP contribution in [0.4, 0.5) is 5.82 Å². The number of hydrogen-bond acceptors (Lipinski definition) is 9. The van der Waals surface area contributed by atoms with Gasteiger partial charge in [-0.15, -0.1) is 0 Å². The van der Waals surface area contributed by atoms with Gasteiger partial charge in [-0.25, -0.2) is 4.63 Å². The van der Waals surface area contributed by atoms with Crippen molar-refractivity contribution < 1.29 is 19.2 Å². The fourth-order valence-electron chi connectivity index (χ4n) is 1.02. The first-order chi connectivity index (χ1) is 8.20. The molecule has 2 rings (SSSR count). The van der Waals surface area contributed by atoms with E-state index < -0.39 is 0 Å². The predicted molar refractivity (Wildman–Crippen MR) is 51.3 cm³/mol. The molecule has 10 heteroatoms. The molecular weight excluding hydrogens is 232 g/mol. The summed E-state index contributed by atoms with van der Waals surface area (Å²) >= 11 is 0. The van der Waals surface area contributed by atoms with Crippen LogP contribution in [-0.4, -0.2) is 37.8 Å². The summed E-state index contributed by atoms with van der Waals surface area (Å²) in [4.78, 5) is 14.7. The number of anilines is 1. The van der Waals surface area contributed by atoms with Gasteiger partial charge in [0, 0.05) is 6.92 Å². The zero-order valence-corrected chi connectivity index (χ0v) is 8.49. The first-order valence-electron chi connectivity index (χ1n) is 4.32. The molecule has 0 saturated heterocycles. The molecule has 0 aliphatic rings. The van der Waals surface area contributed by atoms with E-state index in [9.17, 15) is 4.79 Å². The van der Waals surface area contributed by atoms with Gasteiger partial charge in [-0.05, 0) is 10.3 Å². The van der Waals surface area contributed by atoms with Gasteiger partial charge in [0.2, 0.25) is 17.5 Å². The summed E-state index contributed by atoms with van der Waals surface area (Å²) in [7, 11) is 0. The predicted octanol–water partition coefficient (Wildman–Crippen LogP) is -0.114. The van der Waals surface area contributed by atoms with Crippen molar-refractivity contribution in [3.05, 3.63) is 5.89 Å². The lowest BCUT2D eigenvalue weighted by molar-refractivity contribution is -0.114. The van der Waals surface area contributed by atoms with E-state index in [0.717, 1.165) is 6.21 Å². The van der Waals surface area contributed by atoms with Crippen LogP contribution in [0.1, 0.15) is 12.8 Å². The van der Waals surface area contributed by atoms with Crippen LogP contribution in [0.5, 0.6) is 0 Å². The van der Waals surface area contributed by atoms with E-state index in [2.05, 4.69) is 35.6 Å². The summed E-state index contributed by atoms with van der Waals surface area (Å²) in [6.45, 7) is 1.30. The molecule has 1 amide bonds. The molecule has 2 N–H and O–H groups in total. The number of aromatic nitrogens is 4. The Morgan fingerprint density at radius 2 is 2.29 bits per heavy atom. The van der Waals surface area contributed by atoms with Gasteiger partial charge in [0.25, 0.3) is 5.89 Å². The number of oxime groups is 1. The normalized spacial score (nSPS) is 10.9. The summed E-state index contributed by atoms with van der Waals surface area (Å²) in [6.07, 6.45) is 0.947. The second kappa shape index (κ2) is 4.38. The molecule has 0 unspecified atom stereocenters. The number of amides is 1. The molecule has 0 fully saturated rings. The minimum Gasteiger partial charge on any atom is -0.411 e. The fourth-order valence-corrected chi connectivity index (χ4v) is 1.02. The topological polar surface area (TPSA) is 140 Å². The van der Waals surface area contributed by atoms with Crippen molar-refractivity contribution in [2.24, 2.45) is 5.16 Å². The number of nitrogens with zero attached hydrogens (tertiary/aromatic N) is 5. The molecule has 88 valence electrons. The summed E-state index contributed by atoms with van der Waals surface area (Å²) in [5.41, 5.74) is 0.113. The van der Waals surface area contributed by atoms with E-state index in [-0.39, 0.29) is 29.1 Å². The third-order valence-electron chi connectivity index (χ3n) is 1.60. The van der Waals surface area contributed by atoms with E-state index in [1.165, 1.54) is 6.92 Å². The van der Waals surface area contributed by atoms with Gasteiger partial charge in [-0.1, -0.05) is 10.3 Å². The van der Waals surface area contributed by atoms with Crippen molar-refractivity contribution in [2.75, 3.05) is 5.32 Å². The zero-order chi connectivity index (χ0) is 12.3. The highest BCUT2D eigenvalue weighted by Gasteiger charge is 2.18. The Hall–Kier alpha value is -2.78. The molecule has 0 saturated carbocycles. The van der Waals surface area contributed by atoms with Crippen molar-refractivity contribution in [1.29, 1.82) is 0 Å². The van der Waals surface area contributed by atoms with Crippen LogP contribution in [0.2, 0.25) is 0 Å². The fraction of sp³-hybridized carbons (Fsp3) is 0.143. The lowest BCUT2D eigenvalue weighted by atomic mass is 10.4. The number of carbonyl (C=O) groups excluding carboxylic acids is 1. The Morgan fingerprint density at radius 3 is 3.00 bits per heavy atom. The second-order valence-corrected chi connectivity index (χ2v) is 2.84. The Labute approximate surface area is 93.3 Å². The average molecular weight is 238 g/mol. The smallest absolute Gasteiger partial charge is 0.272 e. The molecule has 2 aromatic rings. The molecule has 0 bridgehead atoms. The maximum atomic E-state index is 10.9. The average Bonchev–Trinajstić information content (AvgIpc) is 2.86. The molecule has 0 aliphatic carbocycles. The monoisotopic (exact) mass is 238 g/mol. The van der Waals surface area contributed by atoms with Crippen LogP contribution in [0.25, 0.3) is 11.5 Å². The van der Waals surface area contributed by atoms with E-state index in [4.69, 9.17) is 9.73 Å². The van der Waals surface area contributed by atoms with Crippen molar-refractivity contribution in [2.45, 2.75) is 6.92 Å². The minimum absolute atomic E-state index is 0.0284. The van der Waals surface area contributed by atoms with Gasteiger partial charge in [0.15, 0.2) is 5.69 Å². The number of hydrogen-bond donors (Lipinski definition) is 2. The van der Waals surface area contributed by atoms with E-state index in [1.54, 1.807) is 0 Å². The molecule has 0 radical (unpaired) electrons. The van der Waals surface area contributed by atoms with Gasteiger partial charge in [-0.3, -0.25) is 4.79 Å². The van der Waals surface area contributed by atoms with Crippen molar-refractivity contribution >= 4 is 17.9 Å². The zero-order valence-electron chi connectivity index (χ0n) is 8.49. The highest BCUT2D eigenvalue weighted by atomic mass is 16.6. The van der Waals surface area contributed by atoms with E-state index in [1.807, 2.05) is 0 Å². The third kappa shape index (κ3) is 2.25. The summed E-state index contributed by atoms with van der Waals surface area (Å²) in [6, 6.07) is 0. The summed E-state index contributed by atoms with van der Waals surface area (Å²) in [5.74, 6) is -0.252. The van der Waals surface area contributed by atoms with Crippen molar-refractivity contribution in [3.8, 4) is 11.5 Å². The Kier molecular flexibility index (Phi) is 2.77. The Morgan fingerprint density at radius 1 is 1.47 bits per heavy atom. The van der Waals surface area contributed by atoms with Crippen LogP contribution >= 0.6 is 0 Å². The van der Waals surface area contributed by atoms with Crippen LogP contribution in [0.3, 0.4) is 0 Å². The van der Waals surface area contributed by atoms with Crippen LogP contribution in [0, 0.1) is 0 Å². The molecule has 10 nitrogen and oxygen atoms in total. The van der Waals surface area contributed by atoms with Crippen molar-refractivity contribution in [3.63, 3.8) is 0 Å². The molecule has 0 aromatic carbocycles. The highest BCUT2D eigenvalue weighted by molar-refractivity contribution is 5.90. The molecule has 17 heavy (non-hydrogen) atoms. The number of rotatable bonds is 3. The maximum absolute atomic E-state index is 10.9. The molecule has 2 heterocycles. The highest BCUT2D eigenvalue weighted by Crippen LogP contribution is 2.20. The van der Waals surface area contributed by atoms with Crippen LogP contribution in [-0.2, 0) is 4.79 Å². The molecule has 0 spiro atoms. The van der Waals surface area contributed by atoms with Gasteiger partial charge in [-0.2, -0.15) is 4.98 Å². The number of carbonyl (C=O) groups is 1. The van der Waals surface area contributed by atoms with Crippen molar-refractivity contribution in [1.82, 2.24) is 20.5 Å². The van der Waals surface area contributed by atoms with Gasteiger partial charge < -0.3 is 15.0 Å². The number of nitrogens with one attached hydrogen (secondary N) is 1. The maximum Gasteiger partial charge on any atom is 0.272 e. The summed E-state index contributed by atoms with van der Waals surface area (Å²) in [5, 5.41) is 23.9. The molecule has 2 aromatic heterocycles. The molecular formula is C7H6N6O4. The van der Waals surface area contributed by atoms with E-state index >= 15 is 0 Å².